The normalized spacial score (nSPS) is 33.9. The Kier molecular flexibility index (Phi) is 3.52. The standard InChI is InChI=1S/C14H21ClN2/c1-13(2)8-12(15)9-14(10-13,11-16)17-6-4-3-5-7-17/h9H,3-8,10H2,1-2H3. The van der Waals surface area contributed by atoms with Crippen molar-refractivity contribution < 1.29 is 0 Å². The zero-order chi connectivity index (χ0) is 12.5. The third-order valence-electron chi connectivity index (χ3n) is 3.90. The first kappa shape index (κ1) is 12.9. The number of nitriles is 1. The molecular weight excluding hydrogens is 232 g/mol. The van der Waals surface area contributed by atoms with Crippen molar-refractivity contribution in [1.82, 2.24) is 4.90 Å². The van der Waals surface area contributed by atoms with Crippen LogP contribution in [0.4, 0.5) is 0 Å². The van der Waals surface area contributed by atoms with Crippen molar-refractivity contribution in [2.24, 2.45) is 5.41 Å². The van der Waals surface area contributed by atoms with E-state index in [-0.39, 0.29) is 5.41 Å². The van der Waals surface area contributed by atoms with E-state index in [1.54, 1.807) is 0 Å². The number of hydrogen-bond acceptors (Lipinski definition) is 2. The van der Waals surface area contributed by atoms with Crippen LogP contribution in [0.2, 0.25) is 0 Å². The molecule has 0 saturated carbocycles. The summed E-state index contributed by atoms with van der Waals surface area (Å²) in [5.74, 6) is 0. The van der Waals surface area contributed by atoms with Crippen molar-refractivity contribution in [2.75, 3.05) is 13.1 Å². The van der Waals surface area contributed by atoms with Gasteiger partial charge >= 0.3 is 0 Å². The molecule has 0 aromatic carbocycles. The summed E-state index contributed by atoms with van der Waals surface area (Å²) in [5.41, 5.74) is -0.335. The van der Waals surface area contributed by atoms with Gasteiger partial charge in [0.15, 0.2) is 0 Å². The van der Waals surface area contributed by atoms with Gasteiger partial charge in [-0.3, -0.25) is 4.90 Å². The van der Waals surface area contributed by atoms with Gasteiger partial charge in [0.25, 0.3) is 0 Å². The minimum atomic E-state index is -0.459. The van der Waals surface area contributed by atoms with Crippen molar-refractivity contribution in [2.45, 2.75) is 51.5 Å². The van der Waals surface area contributed by atoms with Crippen molar-refractivity contribution in [1.29, 1.82) is 5.26 Å². The molecule has 1 fully saturated rings. The molecule has 0 aromatic rings. The molecule has 2 nitrogen and oxygen atoms in total. The van der Waals surface area contributed by atoms with Gasteiger partial charge in [-0.15, -0.1) is 0 Å². The average Bonchev–Trinajstić information content (AvgIpc) is 2.27. The van der Waals surface area contributed by atoms with Gasteiger partial charge in [-0.1, -0.05) is 31.9 Å². The van der Waals surface area contributed by atoms with E-state index in [4.69, 9.17) is 11.6 Å². The summed E-state index contributed by atoms with van der Waals surface area (Å²) in [4.78, 5) is 2.33. The van der Waals surface area contributed by atoms with Crippen LogP contribution in [0.1, 0.15) is 46.0 Å². The summed E-state index contributed by atoms with van der Waals surface area (Å²) in [5, 5.41) is 10.5. The van der Waals surface area contributed by atoms with Crippen LogP contribution in [0, 0.1) is 16.7 Å². The molecule has 1 saturated heterocycles. The number of rotatable bonds is 1. The van der Waals surface area contributed by atoms with Gasteiger partial charge < -0.3 is 0 Å². The minimum absolute atomic E-state index is 0.124. The summed E-state index contributed by atoms with van der Waals surface area (Å²) < 4.78 is 0. The van der Waals surface area contributed by atoms with Gasteiger partial charge in [-0.2, -0.15) is 5.26 Å². The maximum absolute atomic E-state index is 9.65. The minimum Gasteiger partial charge on any atom is -0.282 e. The van der Waals surface area contributed by atoms with Crippen LogP contribution < -0.4 is 0 Å². The number of piperidine rings is 1. The largest absolute Gasteiger partial charge is 0.282 e. The molecule has 0 bridgehead atoms. The fraction of sp³-hybridized carbons (Fsp3) is 0.786. The fourth-order valence-electron chi connectivity index (χ4n) is 3.25. The summed E-state index contributed by atoms with van der Waals surface area (Å²) >= 11 is 6.27. The summed E-state index contributed by atoms with van der Waals surface area (Å²) in [6, 6.07) is 2.54. The molecule has 0 radical (unpaired) electrons. The van der Waals surface area contributed by atoms with E-state index in [0.29, 0.717) is 0 Å². The SMILES string of the molecule is CC1(C)CC(Cl)=CC(C#N)(N2CCCCC2)C1. The molecular formula is C14H21ClN2. The fourth-order valence-corrected chi connectivity index (χ4v) is 3.79. The number of nitrogens with zero attached hydrogens (tertiary/aromatic N) is 2. The first-order valence-electron chi connectivity index (χ1n) is 6.51. The lowest BCUT2D eigenvalue weighted by Gasteiger charge is -2.46. The number of halogens is 1. The topological polar surface area (TPSA) is 27.0 Å². The molecule has 0 N–H and O–H groups in total. The van der Waals surface area contributed by atoms with Gasteiger partial charge in [0, 0.05) is 5.03 Å². The van der Waals surface area contributed by atoms with Crippen molar-refractivity contribution >= 4 is 11.6 Å². The smallest absolute Gasteiger partial charge is 0.129 e. The van der Waals surface area contributed by atoms with E-state index >= 15 is 0 Å². The lowest BCUT2D eigenvalue weighted by atomic mass is 9.71. The Morgan fingerprint density at radius 3 is 2.47 bits per heavy atom. The van der Waals surface area contributed by atoms with Gasteiger partial charge in [0.1, 0.15) is 5.54 Å². The molecule has 1 atom stereocenters. The molecule has 0 aromatic heterocycles. The molecule has 3 heteroatoms. The zero-order valence-electron chi connectivity index (χ0n) is 10.8. The Balaban J connectivity index is 2.30. The predicted octanol–water partition coefficient (Wildman–Crippen LogP) is 3.68. The molecule has 2 rings (SSSR count). The molecule has 2 aliphatic rings. The summed E-state index contributed by atoms with van der Waals surface area (Å²) in [7, 11) is 0. The first-order chi connectivity index (χ1) is 7.97. The van der Waals surface area contributed by atoms with Crippen LogP contribution in [0.5, 0.6) is 0 Å². The maximum Gasteiger partial charge on any atom is 0.129 e. The van der Waals surface area contributed by atoms with Crippen LogP contribution in [0.3, 0.4) is 0 Å². The molecule has 1 aliphatic carbocycles. The van der Waals surface area contributed by atoms with Gasteiger partial charge in [-0.05, 0) is 50.3 Å². The second kappa shape index (κ2) is 4.63. The van der Waals surface area contributed by atoms with Crippen LogP contribution in [-0.4, -0.2) is 23.5 Å². The Morgan fingerprint density at radius 2 is 1.94 bits per heavy atom. The van der Waals surface area contributed by atoms with Gasteiger partial charge in [-0.25, -0.2) is 0 Å². The van der Waals surface area contributed by atoms with E-state index < -0.39 is 5.54 Å². The quantitative estimate of drug-likeness (QED) is 0.712. The Hall–Kier alpha value is -0.520. The lowest BCUT2D eigenvalue weighted by molar-refractivity contribution is 0.0936. The van der Waals surface area contributed by atoms with Crippen molar-refractivity contribution in [3.63, 3.8) is 0 Å². The summed E-state index contributed by atoms with van der Waals surface area (Å²) in [6.07, 6.45) is 7.49. The van der Waals surface area contributed by atoms with Crippen LogP contribution in [0.25, 0.3) is 0 Å². The van der Waals surface area contributed by atoms with E-state index in [1.807, 2.05) is 6.08 Å². The highest BCUT2D eigenvalue weighted by molar-refractivity contribution is 6.29. The number of allylic oxidation sites excluding steroid dienone is 1. The van der Waals surface area contributed by atoms with E-state index in [9.17, 15) is 5.26 Å². The monoisotopic (exact) mass is 252 g/mol. The van der Waals surface area contributed by atoms with Crippen LogP contribution in [-0.2, 0) is 0 Å². The molecule has 17 heavy (non-hydrogen) atoms. The highest BCUT2D eigenvalue weighted by Gasteiger charge is 2.43. The maximum atomic E-state index is 9.65. The highest BCUT2D eigenvalue weighted by Crippen LogP contribution is 2.44. The second-order valence-corrected chi connectivity index (χ2v) is 6.68. The Labute approximate surface area is 109 Å². The van der Waals surface area contributed by atoms with Gasteiger partial charge in [0.2, 0.25) is 0 Å². The van der Waals surface area contributed by atoms with Crippen molar-refractivity contribution in [3.05, 3.63) is 11.1 Å². The van der Waals surface area contributed by atoms with Gasteiger partial charge in [0.05, 0.1) is 6.07 Å². The third-order valence-corrected chi connectivity index (χ3v) is 4.15. The molecule has 1 heterocycles. The Morgan fingerprint density at radius 1 is 1.29 bits per heavy atom. The number of hydrogen-bond donors (Lipinski definition) is 0. The molecule has 1 aliphatic heterocycles. The molecule has 0 amide bonds. The van der Waals surface area contributed by atoms with E-state index in [2.05, 4.69) is 24.8 Å². The summed E-state index contributed by atoms with van der Waals surface area (Å²) in [6.45, 7) is 6.48. The molecule has 94 valence electrons. The average molecular weight is 253 g/mol. The van der Waals surface area contributed by atoms with Crippen LogP contribution in [0.15, 0.2) is 11.1 Å². The Bertz CT molecular complexity index is 361. The zero-order valence-corrected chi connectivity index (χ0v) is 11.6. The van der Waals surface area contributed by atoms with E-state index in [1.165, 1.54) is 19.3 Å². The van der Waals surface area contributed by atoms with Crippen molar-refractivity contribution in [3.8, 4) is 6.07 Å². The number of likely N-dealkylation sites (tertiary alicyclic amines) is 1. The third kappa shape index (κ3) is 2.67. The lowest BCUT2D eigenvalue weighted by Crippen LogP contribution is -2.52. The first-order valence-corrected chi connectivity index (χ1v) is 6.89. The molecule has 1 unspecified atom stereocenters. The predicted molar refractivity (Wildman–Crippen MR) is 70.7 cm³/mol. The van der Waals surface area contributed by atoms with E-state index in [0.717, 1.165) is 31.0 Å². The van der Waals surface area contributed by atoms with Crippen LogP contribution >= 0.6 is 11.6 Å². The molecule has 0 spiro atoms. The second-order valence-electron chi connectivity index (χ2n) is 6.19. The highest BCUT2D eigenvalue weighted by atomic mass is 35.5.